The van der Waals surface area contributed by atoms with Gasteiger partial charge in [-0.3, -0.25) is 25.1 Å². The first-order chi connectivity index (χ1) is 15.5. The summed E-state index contributed by atoms with van der Waals surface area (Å²) in [6, 6.07) is 13.8. The number of hydrazine groups is 1. The lowest BCUT2D eigenvalue weighted by Crippen LogP contribution is -2.55. The van der Waals surface area contributed by atoms with Crippen molar-refractivity contribution in [2.24, 2.45) is 11.8 Å². The van der Waals surface area contributed by atoms with Crippen LogP contribution in [0.1, 0.15) is 63.7 Å². The highest BCUT2D eigenvalue weighted by atomic mass is 16.6. The van der Waals surface area contributed by atoms with E-state index in [0.29, 0.717) is 30.4 Å². The maximum atomic E-state index is 13.3. The molecule has 0 radical (unpaired) electrons. The molecule has 0 bridgehead atoms. The highest BCUT2D eigenvalue weighted by Gasteiger charge is 2.37. The lowest BCUT2D eigenvalue weighted by molar-refractivity contribution is -0.384. The van der Waals surface area contributed by atoms with Gasteiger partial charge in [0.15, 0.2) is 0 Å². The molecule has 0 unspecified atom stereocenters. The first kappa shape index (κ1) is 26.0. The van der Waals surface area contributed by atoms with Crippen molar-refractivity contribution in [2.45, 2.75) is 59.0 Å². The van der Waals surface area contributed by atoms with E-state index in [1.165, 1.54) is 18.2 Å². The minimum absolute atomic E-state index is 0.0428. The molecule has 0 saturated heterocycles. The van der Waals surface area contributed by atoms with Gasteiger partial charge >= 0.3 is 0 Å². The fourth-order valence-electron chi connectivity index (χ4n) is 3.30. The number of hydrogen-bond acceptors (Lipinski definition) is 5. The smallest absolute Gasteiger partial charge is 0.277 e. The highest BCUT2D eigenvalue weighted by molar-refractivity contribution is 6.08. The van der Waals surface area contributed by atoms with Crippen molar-refractivity contribution in [1.82, 2.24) is 5.43 Å². The molecular weight excluding hydrogens is 422 g/mol. The van der Waals surface area contributed by atoms with Crippen molar-refractivity contribution < 1.29 is 19.6 Å². The summed E-state index contributed by atoms with van der Waals surface area (Å²) in [7, 11) is 0. The molecule has 0 aliphatic carbocycles. The van der Waals surface area contributed by atoms with Gasteiger partial charge in [0.05, 0.1) is 10.6 Å². The van der Waals surface area contributed by atoms with E-state index < -0.39 is 22.3 Å². The number of nitro benzene ring substituents is 1. The third-order valence-electron chi connectivity index (χ3n) is 5.43. The van der Waals surface area contributed by atoms with Gasteiger partial charge < -0.3 is 5.11 Å². The monoisotopic (exact) mass is 455 g/mol. The number of rotatable bonds is 10. The Bertz CT molecular complexity index is 948. The van der Waals surface area contributed by atoms with Gasteiger partial charge in [0.25, 0.3) is 17.5 Å². The number of aliphatic hydroxyl groups is 1. The van der Waals surface area contributed by atoms with Crippen molar-refractivity contribution in [2.75, 3.05) is 5.01 Å². The maximum Gasteiger partial charge on any atom is 0.277 e. The predicted octanol–water partition coefficient (Wildman–Crippen LogP) is 4.88. The topological polar surface area (TPSA) is 113 Å². The van der Waals surface area contributed by atoms with E-state index in [1.807, 2.05) is 27.7 Å². The van der Waals surface area contributed by atoms with E-state index >= 15 is 0 Å². The molecule has 0 heterocycles. The number of carbonyl (C=O) groups is 2. The van der Waals surface area contributed by atoms with Crippen LogP contribution < -0.4 is 10.4 Å². The third-order valence-corrected chi connectivity index (χ3v) is 5.43. The van der Waals surface area contributed by atoms with Crippen LogP contribution in [0.4, 0.5) is 11.4 Å². The third kappa shape index (κ3) is 7.39. The van der Waals surface area contributed by atoms with E-state index in [-0.39, 0.29) is 24.1 Å². The second kappa shape index (κ2) is 11.6. The molecule has 0 saturated carbocycles. The second-order valence-electron chi connectivity index (χ2n) is 9.12. The summed E-state index contributed by atoms with van der Waals surface area (Å²) in [4.78, 5) is 37.2. The zero-order valence-corrected chi connectivity index (χ0v) is 19.7. The SMILES string of the molecule is CC(C)CCC(O)(CCC(C)C)C(=O)NN(C(=O)c1cccc([N+](=O)[O-])c1)c1ccccc1. The summed E-state index contributed by atoms with van der Waals surface area (Å²) in [6.07, 6.45) is 1.81. The molecule has 0 spiro atoms. The number of nitro groups is 1. The molecule has 0 aliphatic rings. The van der Waals surface area contributed by atoms with Crippen LogP contribution >= 0.6 is 0 Å². The first-order valence-corrected chi connectivity index (χ1v) is 11.2. The minimum Gasteiger partial charge on any atom is -0.380 e. The maximum absolute atomic E-state index is 13.3. The predicted molar refractivity (Wildman–Crippen MR) is 128 cm³/mol. The van der Waals surface area contributed by atoms with Crippen LogP contribution in [0.2, 0.25) is 0 Å². The molecule has 8 nitrogen and oxygen atoms in total. The van der Waals surface area contributed by atoms with Gasteiger partial charge in [0.2, 0.25) is 0 Å². The van der Waals surface area contributed by atoms with Crippen LogP contribution in [0.25, 0.3) is 0 Å². The second-order valence-corrected chi connectivity index (χ2v) is 9.12. The molecule has 2 aromatic rings. The number of hydrogen-bond donors (Lipinski definition) is 2. The van der Waals surface area contributed by atoms with E-state index in [1.54, 1.807) is 30.3 Å². The summed E-state index contributed by atoms with van der Waals surface area (Å²) >= 11 is 0. The van der Waals surface area contributed by atoms with Crippen LogP contribution in [-0.2, 0) is 4.79 Å². The molecule has 33 heavy (non-hydrogen) atoms. The number of nitrogens with one attached hydrogen (secondary N) is 1. The molecule has 2 rings (SSSR count). The van der Waals surface area contributed by atoms with E-state index in [0.717, 1.165) is 11.1 Å². The van der Waals surface area contributed by atoms with Crippen molar-refractivity contribution in [3.8, 4) is 0 Å². The van der Waals surface area contributed by atoms with Crippen molar-refractivity contribution in [1.29, 1.82) is 0 Å². The molecule has 8 heteroatoms. The Morgan fingerprint density at radius 1 is 1.00 bits per heavy atom. The van der Waals surface area contributed by atoms with Crippen LogP contribution in [0.5, 0.6) is 0 Å². The Labute approximate surface area is 194 Å². The van der Waals surface area contributed by atoms with Gasteiger partial charge in [-0.15, -0.1) is 0 Å². The number of carbonyl (C=O) groups excluding carboxylic acids is 2. The fourth-order valence-corrected chi connectivity index (χ4v) is 3.30. The molecule has 0 aromatic heterocycles. The van der Waals surface area contributed by atoms with Gasteiger partial charge in [-0.1, -0.05) is 52.0 Å². The van der Waals surface area contributed by atoms with E-state index in [9.17, 15) is 24.8 Å². The number of anilines is 1. The average molecular weight is 456 g/mol. The number of benzene rings is 2. The van der Waals surface area contributed by atoms with Crippen molar-refractivity contribution >= 4 is 23.2 Å². The summed E-state index contributed by atoms with van der Waals surface area (Å²) < 4.78 is 0. The minimum atomic E-state index is -1.65. The zero-order chi connectivity index (χ0) is 24.6. The summed E-state index contributed by atoms with van der Waals surface area (Å²) in [5, 5.41) is 23.5. The largest absolute Gasteiger partial charge is 0.380 e. The van der Waals surface area contributed by atoms with Crippen LogP contribution in [-0.4, -0.2) is 27.4 Å². The Morgan fingerprint density at radius 2 is 1.58 bits per heavy atom. The standard InChI is InChI=1S/C25H33N3O5/c1-18(2)13-15-25(31,16-14-19(3)4)24(30)26-27(21-10-6-5-7-11-21)23(29)20-9-8-12-22(17-20)28(32)33/h5-12,17-19,31H,13-16H2,1-4H3,(H,26,30). The van der Waals surface area contributed by atoms with Crippen molar-refractivity contribution in [3.63, 3.8) is 0 Å². The first-order valence-electron chi connectivity index (χ1n) is 11.2. The number of amides is 2. The Hall–Kier alpha value is -3.26. The Morgan fingerprint density at radius 3 is 2.09 bits per heavy atom. The Kier molecular flexibility index (Phi) is 9.11. The summed E-state index contributed by atoms with van der Waals surface area (Å²) in [5.41, 5.74) is 1.13. The lowest BCUT2D eigenvalue weighted by Gasteiger charge is -2.32. The molecule has 2 amide bonds. The quantitative estimate of drug-likeness (QED) is 0.392. The highest BCUT2D eigenvalue weighted by Crippen LogP contribution is 2.26. The van der Waals surface area contributed by atoms with E-state index in [4.69, 9.17) is 0 Å². The van der Waals surface area contributed by atoms with Gasteiger partial charge in [0.1, 0.15) is 5.60 Å². The molecular formula is C25H33N3O5. The van der Waals surface area contributed by atoms with Gasteiger partial charge in [-0.25, -0.2) is 5.01 Å². The van der Waals surface area contributed by atoms with E-state index in [2.05, 4.69) is 5.43 Å². The lowest BCUT2D eigenvalue weighted by atomic mass is 9.86. The molecule has 2 N–H and O–H groups in total. The molecule has 0 atom stereocenters. The normalized spacial score (nSPS) is 11.5. The molecule has 2 aromatic carbocycles. The number of non-ortho nitro benzene ring substituents is 1. The zero-order valence-electron chi connectivity index (χ0n) is 19.7. The van der Waals surface area contributed by atoms with Gasteiger partial charge in [-0.2, -0.15) is 0 Å². The molecule has 178 valence electrons. The van der Waals surface area contributed by atoms with Crippen molar-refractivity contribution in [3.05, 3.63) is 70.3 Å². The van der Waals surface area contributed by atoms with Gasteiger partial charge in [-0.05, 0) is 55.7 Å². The van der Waals surface area contributed by atoms with Crippen LogP contribution in [0.15, 0.2) is 54.6 Å². The summed E-state index contributed by atoms with van der Waals surface area (Å²) in [5.74, 6) is -0.736. The molecule has 0 aliphatic heterocycles. The van der Waals surface area contributed by atoms with Gasteiger partial charge in [0, 0.05) is 17.7 Å². The Balaban J connectivity index is 2.39. The summed E-state index contributed by atoms with van der Waals surface area (Å²) in [6.45, 7) is 8.07. The molecule has 0 fully saturated rings. The number of para-hydroxylation sites is 1. The van der Waals surface area contributed by atoms with Crippen LogP contribution in [0.3, 0.4) is 0 Å². The fraction of sp³-hybridized carbons (Fsp3) is 0.440. The number of nitrogens with zero attached hydrogens (tertiary/aromatic N) is 2. The van der Waals surface area contributed by atoms with Crippen LogP contribution in [0, 0.1) is 22.0 Å². The average Bonchev–Trinajstić information content (AvgIpc) is 2.79.